The Hall–Kier alpha value is -2.70. The first-order chi connectivity index (χ1) is 13.6. The third-order valence-electron chi connectivity index (χ3n) is 5.46. The van der Waals surface area contributed by atoms with Crippen LogP contribution in [-0.4, -0.2) is 24.9 Å². The van der Waals surface area contributed by atoms with Crippen molar-refractivity contribution < 1.29 is 14.5 Å². The minimum absolute atomic E-state index is 0.128. The number of amides is 2. The van der Waals surface area contributed by atoms with Crippen LogP contribution in [0.5, 0.6) is 0 Å². The van der Waals surface area contributed by atoms with E-state index < -0.39 is 5.91 Å². The molecule has 6 heteroatoms. The molecule has 0 bridgehead atoms. The molecule has 0 radical (unpaired) electrons. The number of benzene rings is 2. The molecule has 2 heterocycles. The average molecular weight is 395 g/mol. The van der Waals surface area contributed by atoms with Crippen LogP contribution in [0.25, 0.3) is 10.8 Å². The minimum atomic E-state index is -0.460. The molecule has 144 valence electrons. The molecule has 1 aliphatic heterocycles. The first-order valence-electron chi connectivity index (χ1n) is 9.61. The standard InChI is InChI=1S/C22H23N3O2S/c1-2-25-11-10-17-18(13-25)28-22(20(17)21(23)27)24-19(26)12-15-8-5-7-14-6-3-4-9-16(14)15/h3-9H,2,10-13H2,1H3,(H2,23,27)(H,24,26)/p+1. The Labute approximate surface area is 168 Å². The Morgan fingerprint density at radius 1 is 1.18 bits per heavy atom. The lowest BCUT2D eigenvalue weighted by atomic mass is 10.0. The van der Waals surface area contributed by atoms with E-state index in [-0.39, 0.29) is 12.3 Å². The molecule has 2 aromatic carbocycles. The maximum absolute atomic E-state index is 12.8. The van der Waals surface area contributed by atoms with Crippen LogP contribution >= 0.6 is 11.3 Å². The van der Waals surface area contributed by atoms with Crippen molar-refractivity contribution in [1.29, 1.82) is 0 Å². The molecular formula is C22H24N3O2S+. The van der Waals surface area contributed by atoms with Crippen LogP contribution in [0.4, 0.5) is 5.00 Å². The number of thiophene rings is 1. The van der Waals surface area contributed by atoms with E-state index in [1.807, 2.05) is 42.5 Å². The van der Waals surface area contributed by atoms with Gasteiger partial charge in [0.25, 0.3) is 5.91 Å². The second-order valence-electron chi connectivity index (χ2n) is 7.22. The number of hydrogen-bond acceptors (Lipinski definition) is 3. The Balaban J connectivity index is 1.59. The summed E-state index contributed by atoms with van der Waals surface area (Å²) < 4.78 is 0. The fourth-order valence-electron chi connectivity index (χ4n) is 3.98. The van der Waals surface area contributed by atoms with Crippen molar-refractivity contribution in [2.24, 2.45) is 5.73 Å². The summed E-state index contributed by atoms with van der Waals surface area (Å²) in [6.07, 6.45) is 1.08. The predicted octanol–water partition coefficient (Wildman–Crippen LogP) is 2.14. The number of nitrogens with two attached hydrogens (primary N) is 1. The monoisotopic (exact) mass is 394 g/mol. The predicted molar refractivity (Wildman–Crippen MR) is 113 cm³/mol. The van der Waals surface area contributed by atoms with Crippen molar-refractivity contribution in [3.63, 3.8) is 0 Å². The number of quaternary nitrogens is 1. The zero-order valence-electron chi connectivity index (χ0n) is 15.9. The van der Waals surface area contributed by atoms with Crippen molar-refractivity contribution in [3.8, 4) is 0 Å². The third-order valence-corrected chi connectivity index (χ3v) is 6.61. The molecule has 0 fully saturated rings. The summed E-state index contributed by atoms with van der Waals surface area (Å²) in [6, 6.07) is 14.0. The summed E-state index contributed by atoms with van der Waals surface area (Å²) >= 11 is 1.50. The van der Waals surface area contributed by atoms with E-state index >= 15 is 0 Å². The zero-order valence-corrected chi connectivity index (χ0v) is 16.7. The van der Waals surface area contributed by atoms with Gasteiger partial charge in [0.1, 0.15) is 11.5 Å². The molecule has 28 heavy (non-hydrogen) atoms. The van der Waals surface area contributed by atoms with E-state index in [1.54, 1.807) is 0 Å². The largest absolute Gasteiger partial charge is 0.365 e. The number of carbonyl (C=O) groups is 2. The van der Waals surface area contributed by atoms with Crippen LogP contribution in [0, 0.1) is 0 Å². The molecule has 0 saturated heterocycles. The van der Waals surface area contributed by atoms with E-state index in [4.69, 9.17) is 5.73 Å². The summed E-state index contributed by atoms with van der Waals surface area (Å²) in [6.45, 7) is 5.09. The molecule has 1 unspecified atom stereocenters. The Bertz CT molecular complexity index is 1050. The number of nitrogens with one attached hydrogen (secondary N) is 2. The first kappa shape index (κ1) is 18.7. The van der Waals surface area contributed by atoms with Gasteiger partial charge in [-0.15, -0.1) is 11.3 Å². The normalized spacial score (nSPS) is 16.0. The van der Waals surface area contributed by atoms with Gasteiger partial charge in [-0.3, -0.25) is 9.59 Å². The van der Waals surface area contributed by atoms with E-state index in [0.29, 0.717) is 10.6 Å². The molecule has 1 aliphatic rings. The summed E-state index contributed by atoms with van der Waals surface area (Å²) in [5.74, 6) is -0.588. The molecule has 4 N–H and O–H groups in total. The van der Waals surface area contributed by atoms with E-state index in [9.17, 15) is 9.59 Å². The van der Waals surface area contributed by atoms with Gasteiger partial charge in [0.05, 0.1) is 30.0 Å². The van der Waals surface area contributed by atoms with Gasteiger partial charge >= 0.3 is 0 Å². The van der Waals surface area contributed by atoms with Crippen LogP contribution in [0.15, 0.2) is 42.5 Å². The van der Waals surface area contributed by atoms with Crippen LogP contribution in [0.3, 0.4) is 0 Å². The second kappa shape index (κ2) is 7.73. The maximum atomic E-state index is 12.8. The quantitative estimate of drug-likeness (QED) is 0.620. The molecule has 3 aromatic rings. The molecule has 0 saturated carbocycles. The van der Waals surface area contributed by atoms with Crippen molar-refractivity contribution in [2.45, 2.75) is 26.3 Å². The lowest BCUT2D eigenvalue weighted by molar-refractivity contribution is -0.913. The highest BCUT2D eigenvalue weighted by molar-refractivity contribution is 7.17. The van der Waals surface area contributed by atoms with Gasteiger partial charge in [-0.05, 0) is 28.8 Å². The summed E-state index contributed by atoms with van der Waals surface area (Å²) in [7, 11) is 0. The number of carbonyl (C=O) groups excluding carboxylic acids is 2. The number of anilines is 1. The number of fused-ring (bicyclic) bond motifs is 2. The molecule has 4 rings (SSSR count). The van der Waals surface area contributed by atoms with Gasteiger partial charge in [0.2, 0.25) is 5.91 Å². The van der Waals surface area contributed by atoms with E-state index in [0.717, 1.165) is 52.8 Å². The lowest BCUT2D eigenvalue weighted by Crippen LogP contribution is -3.11. The molecule has 5 nitrogen and oxygen atoms in total. The summed E-state index contributed by atoms with van der Waals surface area (Å²) in [5, 5.41) is 5.75. The van der Waals surface area contributed by atoms with Crippen molar-refractivity contribution in [1.82, 2.24) is 0 Å². The topological polar surface area (TPSA) is 76.6 Å². The Kier molecular flexibility index (Phi) is 5.15. The average Bonchev–Trinajstić information content (AvgIpc) is 3.05. The van der Waals surface area contributed by atoms with Gasteiger partial charge in [-0.2, -0.15) is 0 Å². The molecule has 0 spiro atoms. The molecule has 2 amide bonds. The summed E-state index contributed by atoms with van der Waals surface area (Å²) in [4.78, 5) is 27.5. The highest BCUT2D eigenvalue weighted by Gasteiger charge is 2.29. The fourth-order valence-corrected chi connectivity index (χ4v) is 5.32. The molecule has 1 aromatic heterocycles. The lowest BCUT2D eigenvalue weighted by Gasteiger charge is -2.22. The van der Waals surface area contributed by atoms with Gasteiger partial charge in [-0.1, -0.05) is 42.5 Å². The number of likely N-dealkylation sites (N-methyl/N-ethyl adjacent to an activating group) is 1. The highest BCUT2D eigenvalue weighted by atomic mass is 32.1. The minimum Gasteiger partial charge on any atom is -0.365 e. The highest BCUT2D eigenvalue weighted by Crippen LogP contribution is 2.34. The van der Waals surface area contributed by atoms with E-state index in [2.05, 4.69) is 12.2 Å². The fraction of sp³-hybridized carbons (Fsp3) is 0.273. The zero-order chi connectivity index (χ0) is 19.7. The third kappa shape index (κ3) is 3.53. The summed E-state index contributed by atoms with van der Waals surface area (Å²) in [5.41, 5.74) is 8.16. The van der Waals surface area contributed by atoms with Crippen LogP contribution < -0.4 is 16.0 Å². The molecule has 1 atom stereocenters. The number of primary amides is 1. The van der Waals surface area contributed by atoms with Gasteiger partial charge in [-0.25, -0.2) is 0 Å². The number of hydrogen-bond donors (Lipinski definition) is 3. The van der Waals surface area contributed by atoms with Gasteiger partial charge < -0.3 is 16.0 Å². The van der Waals surface area contributed by atoms with E-state index in [1.165, 1.54) is 16.2 Å². The Morgan fingerprint density at radius 2 is 1.96 bits per heavy atom. The van der Waals surface area contributed by atoms with Crippen LogP contribution in [-0.2, 0) is 24.2 Å². The van der Waals surface area contributed by atoms with Crippen LogP contribution in [0.1, 0.15) is 33.3 Å². The smallest absolute Gasteiger partial charge is 0.252 e. The van der Waals surface area contributed by atoms with Crippen molar-refractivity contribution in [3.05, 3.63) is 64.0 Å². The van der Waals surface area contributed by atoms with Gasteiger partial charge in [0.15, 0.2) is 0 Å². The SMILES string of the molecule is CC[NH+]1CCc2c(sc(NC(=O)Cc3cccc4ccccc34)c2C(N)=O)C1. The first-order valence-corrected chi connectivity index (χ1v) is 10.4. The van der Waals surface area contributed by atoms with Crippen LogP contribution in [0.2, 0.25) is 0 Å². The van der Waals surface area contributed by atoms with Gasteiger partial charge in [0, 0.05) is 6.42 Å². The second-order valence-corrected chi connectivity index (χ2v) is 8.32. The molecular weight excluding hydrogens is 370 g/mol. The van der Waals surface area contributed by atoms with Crippen molar-refractivity contribution >= 4 is 38.9 Å². The number of rotatable bonds is 5. The molecule has 0 aliphatic carbocycles. The van der Waals surface area contributed by atoms with Crippen molar-refractivity contribution in [2.75, 3.05) is 18.4 Å². The Morgan fingerprint density at radius 3 is 2.75 bits per heavy atom. The maximum Gasteiger partial charge on any atom is 0.252 e.